The molecule has 4 heteroatoms. The van der Waals surface area contributed by atoms with E-state index in [1.54, 1.807) is 18.2 Å². The largest absolute Gasteiger partial charge is 0.508 e. The Morgan fingerprint density at radius 2 is 2.14 bits per heavy atom. The van der Waals surface area contributed by atoms with Crippen molar-refractivity contribution < 1.29 is 9.90 Å². The van der Waals surface area contributed by atoms with Crippen LogP contribution in [0.5, 0.6) is 5.75 Å². The first-order valence-electron chi connectivity index (χ1n) is 7.88. The molecule has 1 aromatic rings. The van der Waals surface area contributed by atoms with Crippen LogP contribution in [-0.4, -0.2) is 17.6 Å². The van der Waals surface area contributed by atoms with Crippen molar-refractivity contribution in [3.63, 3.8) is 0 Å². The Balaban J connectivity index is 1.87. The average Bonchev–Trinajstić information content (AvgIpc) is 2.53. The van der Waals surface area contributed by atoms with Gasteiger partial charge in [0.15, 0.2) is 0 Å². The van der Waals surface area contributed by atoms with E-state index in [0.717, 1.165) is 6.42 Å². The van der Waals surface area contributed by atoms with Crippen LogP contribution >= 0.6 is 0 Å². The summed E-state index contributed by atoms with van der Waals surface area (Å²) in [5.74, 6) is 0.472. The summed E-state index contributed by atoms with van der Waals surface area (Å²) in [6, 6.07) is 8.42. The monoisotopic (exact) mass is 298 g/mol. The highest BCUT2D eigenvalue weighted by molar-refractivity contribution is 6.01. The molecule has 0 aromatic heterocycles. The molecule has 0 heterocycles. The van der Waals surface area contributed by atoms with Gasteiger partial charge in [-0.1, -0.05) is 44.2 Å². The molecule has 22 heavy (non-hydrogen) atoms. The molecule has 2 rings (SSSR count). The van der Waals surface area contributed by atoms with Crippen LogP contribution in [0.4, 0.5) is 0 Å². The Morgan fingerprint density at radius 3 is 2.82 bits per heavy atom. The van der Waals surface area contributed by atoms with Crippen molar-refractivity contribution in [2.75, 3.05) is 6.54 Å². The van der Waals surface area contributed by atoms with Gasteiger partial charge < -0.3 is 10.4 Å². The molecule has 1 aliphatic carbocycles. The van der Waals surface area contributed by atoms with Crippen LogP contribution in [0.25, 0.3) is 6.08 Å². The van der Waals surface area contributed by atoms with E-state index in [9.17, 15) is 9.90 Å². The fraction of sp³-hybridized carbons (Fsp3) is 0.444. The van der Waals surface area contributed by atoms with Gasteiger partial charge in [-0.25, -0.2) is 0 Å². The number of nitriles is 1. The number of benzene rings is 1. The Hall–Kier alpha value is -2.28. The van der Waals surface area contributed by atoms with Crippen molar-refractivity contribution in [1.29, 1.82) is 5.26 Å². The normalized spacial score (nSPS) is 16.0. The smallest absolute Gasteiger partial charge is 0.261 e. The minimum Gasteiger partial charge on any atom is -0.508 e. The van der Waals surface area contributed by atoms with Gasteiger partial charge in [0.1, 0.15) is 17.4 Å². The van der Waals surface area contributed by atoms with E-state index in [2.05, 4.69) is 5.32 Å². The molecule has 1 aliphatic rings. The SMILES string of the molecule is N#C/C(=C\c1cccc(O)c1)C(=O)NCCC1CCCCC1. The van der Waals surface area contributed by atoms with Gasteiger partial charge in [0.05, 0.1) is 0 Å². The third-order valence-electron chi connectivity index (χ3n) is 4.11. The van der Waals surface area contributed by atoms with Crippen molar-refractivity contribution in [1.82, 2.24) is 5.32 Å². The number of phenolic OH excluding ortho intramolecular Hbond substituents is 1. The van der Waals surface area contributed by atoms with Gasteiger partial charge in [0.25, 0.3) is 5.91 Å². The van der Waals surface area contributed by atoms with E-state index >= 15 is 0 Å². The molecule has 0 atom stereocenters. The minimum absolute atomic E-state index is 0.0641. The maximum atomic E-state index is 12.0. The maximum absolute atomic E-state index is 12.0. The van der Waals surface area contributed by atoms with Crippen molar-refractivity contribution in [3.8, 4) is 11.8 Å². The summed E-state index contributed by atoms with van der Waals surface area (Å²) in [4.78, 5) is 12.0. The Labute approximate surface area is 131 Å². The first-order valence-corrected chi connectivity index (χ1v) is 7.88. The van der Waals surface area contributed by atoms with Crippen molar-refractivity contribution in [2.45, 2.75) is 38.5 Å². The standard InChI is InChI=1S/C18H22N2O2/c19-13-16(11-15-7-4-8-17(21)12-15)18(22)20-10-9-14-5-2-1-3-6-14/h4,7-8,11-12,14,21H,1-3,5-6,9-10H2,(H,20,22)/b16-11+. The second kappa shape index (κ2) is 8.23. The predicted octanol–water partition coefficient (Wildman–Crippen LogP) is 3.39. The lowest BCUT2D eigenvalue weighted by atomic mass is 9.87. The molecule has 0 radical (unpaired) electrons. The molecule has 1 saturated carbocycles. The number of rotatable bonds is 5. The summed E-state index contributed by atoms with van der Waals surface area (Å²) < 4.78 is 0. The highest BCUT2D eigenvalue weighted by Crippen LogP contribution is 2.25. The number of aromatic hydroxyl groups is 1. The summed E-state index contributed by atoms with van der Waals surface area (Å²) in [6.07, 6.45) is 8.89. The molecular formula is C18H22N2O2. The number of phenols is 1. The minimum atomic E-state index is -0.346. The van der Waals surface area contributed by atoms with Gasteiger partial charge in [-0.05, 0) is 36.1 Å². The van der Waals surface area contributed by atoms with Crippen molar-refractivity contribution in [3.05, 3.63) is 35.4 Å². The topological polar surface area (TPSA) is 73.1 Å². The summed E-state index contributed by atoms with van der Waals surface area (Å²) >= 11 is 0. The Bertz CT molecular complexity index is 581. The van der Waals surface area contributed by atoms with Crippen molar-refractivity contribution >= 4 is 12.0 Å². The lowest BCUT2D eigenvalue weighted by Gasteiger charge is -2.21. The zero-order valence-corrected chi connectivity index (χ0v) is 12.7. The molecule has 1 fully saturated rings. The molecule has 4 nitrogen and oxygen atoms in total. The number of carbonyl (C=O) groups is 1. The van der Waals surface area contributed by atoms with Crippen LogP contribution in [0, 0.1) is 17.2 Å². The lowest BCUT2D eigenvalue weighted by Crippen LogP contribution is -2.27. The van der Waals surface area contributed by atoms with E-state index in [-0.39, 0.29) is 17.2 Å². The number of hydrogen-bond donors (Lipinski definition) is 2. The molecule has 0 aliphatic heterocycles. The van der Waals surface area contributed by atoms with E-state index in [1.165, 1.54) is 44.2 Å². The Kier molecular flexibility index (Phi) is 6.02. The van der Waals surface area contributed by atoms with Gasteiger partial charge in [-0.2, -0.15) is 5.26 Å². The summed E-state index contributed by atoms with van der Waals surface area (Å²) in [7, 11) is 0. The van der Waals surface area contributed by atoms with Gasteiger partial charge in [0.2, 0.25) is 0 Å². The molecule has 1 amide bonds. The quantitative estimate of drug-likeness (QED) is 0.646. The molecule has 2 N–H and O–H groups in total. The van der Waals surface area contributed by atoms with E-state index in [1.807, 2.05) is 6.07 Å². The van der Waals surface area contributed by atoms with Crippen LogP contribution in [0.3, 0.4) is 0 Å². The van der Waals surface area contributed by atoms with Gasteiger partial charge in [0, 0.05) is 6.54 Å². The highest BCUT2D eigenvalue weighted by atomic mass is 16.3. The van der Waals surface area contributed by atoms with Gasteiger partial charge >= 0.3 is 0 Å². The van der Waals surface area contributed by atoms with E-state index < -0.39 is 0 Å². The van der Waals surface area contributed by atoms with Crippen LogP contribution in [0.1, 0.15) is 44.1 Å². The molecule has 1 aromatic carbocycles. The Morgan fingerprint density at radius 1 is 1.36 bits per heavy atom. The number of hydrogen-bond acceptors (Lipinski definition) is 3. The molecule has 0 spiro atoms. The fourth-order valence-corrected chi connectivity index (χ4v) is 2.89. The van der Waals surface area contributed by atoms with Crippen LogP contribution in [0.15, 0.2) is 29.8 Å². The third kappa shape index (κ3) is 4.92. The summed E-state index contributed by atoms with van der Waals surface area (Å²) in [6.45, 7) is 0.614. The predicted molar refractivity (Wildman–Crippen MR) is 85.9 cm³/mol. The molecule has 0 saturated heterocycles. The number of nitrogens with one attached hydrogen (secondary N) is 1. The zero-order valence-electron chi connectivity index (χ0n) is 12.7. The molecule has 116 valence electrons. The second-order valence-corrected chi connectivity index (χ2v) is 5.81. The van der Waals surface area contributed by atoms with E-state index in [0.29, 0.717) is 18.0 Å². The summed E-state index contributed by atoms with van der Waals surface area (Å²) in [5.41, 5.74) is 0.702. The first kappa shape index (κ1) is 16.1. The first-order chi connectivity index (χ1) is 10.7. The van der Waals surface area contributed by atoms with Gasteiger partial charge in [-0.3, -0.25) is 4.79 Å². The second-order valence-electron chi connectivity index (χ2n) is 5.81. The van der Waals surface area contributed by atoms with Crippen molar-refractivity contribution in [2.24, 2.45) is 5.92 Å². The van der Waals surface area contributed by atoms with E-state index in [4.69, 9.17) is 5.26 Å². The number of nitrogens with zero attached hydrogens (tertiary/aromatic N) is 1. The van der Waals surface area contributed by atoms with Crippen LogP contribution in [-0.2, 0) is 4.79 Å². The lowest BCUT2D eigenvalue weighted by molar-refractivity contribution is -0.117. The number of amides is 1. The molecular weight excluding hydrogens is 276 g/mol. The fourth-order valence-electron chi connectivity index (χ4n) is 2.89. The van der Waals surface area contributed by atoms with Crippen LogP contribution < -0.4 is 5.32 Å². The highest BCUT2D eigenvalue weighted by Gasteiger charge is 2.14. The summed E-state index contributed by atoms with van der Waals surface area (Å²) in [5, 5.41) is 21.4. The zero-order chi connectivity index (χ0) is 15.8. The van der Waals surface area contributed by atoms with Crippen LogP contribution in [0.2, 0.25) is 0 Å². The van der Waals surface area contributed by atoms with Gasteiger partial charge in [-0.15, -0.1) is 0 Å². The third-order valence-corrected chi connectivity index (χ3v) is 4.11. The molecule has 0 unspecified atom stereocenters. The number of carbonyl (C=O) groups excluding carboxylic acids is 1. The molecule has 0 bridgehead atoms. The maximum Gasteiger partial charge on any atom is 0.261 e. The average molecular weight is 298 g/mol.